The van der Waals surface area contributed by atoms with E-state index in [0.717, 1.165) is 5.56 Å². The Morgan fingerprint density at radius 3 is 2.72 bits per heavy atom. The molecule has 7 heteroatoms. The third-order valence-electron chi connectivity index (χ3n) is 3.41. The lowest BCUT2D eigenvalue weighted by atomic mass is 10.2. The van der Waals surface area contributed by atoms with E-state index in [1.165, 1.54) is 16.7 Å². The van der Waals surface area contributed by atoms with E-state index in [1.54, 1.807) is 55.7 Å². The van der Waals surface area contributed by atoms with E-state index >= 15 is 0 Å². The molecule has 1 aromatic heterocycles. The van der Waals surface area contributed by atoms with Crippen LogP contribution in [0.1, 0.15) is 22.8 Å². The first-order valence-electron chi connectivity index (χ1n) is 7.55. The summed E-state index contributed by atoms with van der Waals surface area (Å²) in [6.45, 7) is 2.06. The molecule has 0 N–H and O–H groups in total. The fraction of sp³-hybridized carbons (Fsp3) is 0.111. The number of pyridine rings is 1. The first-order valence-corrected chi connectivity index (χ1v) is 8.78. The fourth-order valence-electron chi connectivity index (χ4n) is 2.26. The number of nitrogens with zero attached hydrogens (tertiary/aromatic N) is 2. The number of esters is 1. The number of anilines is 1. The molecule has 0 spiro atoms. The highest BCUT2D eigenvalue weighted by atomic mass is 32.2. The molecule has 1 aliphatic rings. The third-order valence-corrected chi connectivity index (χ3v) is 4.71. The van der Waals surface area contributed by atoms with Crippen molar-refractivity contribution in [3.8, 4) is 0 Å². The van der Waals surface area contributed by atoms with Gasteiger partial charge in [-0.15, -0.1) is 0 Å². The van der Waals surface area contributed by atoms with Crippen LogP contribution >= 0.6 is 24.0 Å². The van der Waals surface area contributed by atoms with E-state index in [0.29, 0.717) is 27.1 Å². The number of thioether (sulfide) groups is 1. The van der Waals surface area contributed by atoms with Crippen LogP contribution in [0, 0.1) is 0 Å². The summed E-state index contributed by atoms with van der Waals surface area (Å²) in [5, 5.41) is 0. The Balaban J connectivity index is 1.83. The summed E-state index contributed by atoms with van der Waals surface area (Å²) in [6, 6.07) is 10.3. The Morgan fingerprint density at radius 1 is 1.32 bits per heavy atom. The van der Waals surface area contributed by atoms with Crippen molar-refractivity contribution in [3.05, 3.63) is 64.8 Å². The van der Waals surface area contributed by atoms with Crippen LogP contribution in [0.3, 0.4) is 0 Å². The maximum atomic E-state index is 12.7. The van der Waals surface area contributed by atoms with Crippen molar-refractivity contribution in [2.45, 2.75) is 6.92 Å². The van der Waals surface area contributed by atoms with Crippen LogP contribution in [0.2, 0.25) is 0 Å². The molecule has 1 aromatic carbocycles. The Kier molecular flexibility index (Phi) is 5.25. The molecule has 2 aromatic rings. The van der Waals surface area contributed by atoms with Gasteiger partial charge >= 0.3 is 5.97 Å². The van der Waals surface area contributed by atoms with E-state index in [-0.39, 0.29) is 5.91 Å². The zero-order chi connectivity index (χ0) is 17.8. The first-order chi connectivity index (χ1) is 12.1. The summed E-state index contributed by atoms with van der Waals surface area (Å²) in [4.78, 5) is 30.4. The number of amides is 1. The number of benzene rings is 1. The predicted octanol–water partition coefficient (Wildman–Crippen LogP) is 3.66. The molecule has 25 heavy (non-hydrogen) atoms. The van der Waals surface area contributed by atoms with Crippen molar-refractivity contribution < 1.29 is 14.3 Å². The molecule has 5 nitrogen and oxygen atoms in total. The quantitative estimate of drug-likeness (QED) is 0.465. The van der Waals surface area contributed by atoms with Gasteiger partial charge in [-0.3, -0.25) is 14.7 Å². The third kappa shape index (κ3) is 3.78. The van der Waals surface area contributed by atoms with Crippen molar-refractivity contribution in [1.29, 1.82) is 0 Å². The molecular weight excluding hydrogens is 356 g/mol. The van der Waals surface area contributed by atoms with Crippen molar-refractivity contribution in [2.75, 3.05) is 11.5 Å². The highest BCUT2D eigenvalue weighted by molar-refractivity contribution is 8.27. The minimum atomic E-state index is -0.393. The van der Waals surface area contributed by atoms with Gasteiger partial charge in [0.2, 0.25) is 0 Å². The van der Waals surface area contributed by atoms with Crippen LogP contribution in [-0.2, 0) is 9.53 Å². The molecule has 2 heterocycles. The molecule has 1 aliphatic heterocycles. The molecule has 3 rings (SSSR count). The molecule has 1 amide bonds. The number of carbonyl (C=O) groups is 2. The van der Waals surface area contributed by atoms with Crippen LogP contribution < -0.4 is 4.90 Å². The van der Waals surface area contributed by atoms with Gasteiger partial charge in [0.05, 0.1) is 22.8 Å². The summed E-state index contributed by atoms with van der Waals surface area (Å²) >= 11 is 6.58. The normalized spacial score (nSPS) is 15.7. The number of thiocarbonyl (C=S) groups is 1. The van der Waals surface area contributed by atoms with Gasteiger partial charge in [-0.2, -0.15) is 0 Å². The highest BCUT2D eigenvalue weighted by Gasteiger charge is 2.33. The summed E-state index contributed by atoms with van der Waals surface area (Å²) in [5.41, 5.74) is 1.88. The van der Waals surface area contributed by atoms with E-state index in [9.17, 15) is 9.59 Å². The molecule has 1 fully saturated rings. The van der Waals surface area contributed by atoms with Crippen LogP contribution in [0.25, 0.3) is 6.08 Å². The van der Waals surface area contributed by atoms with Crippen LogP contribution in [0.5, 0.6) is 0 Å². The predicted molar refractivity (Wildman–Crippen MR) is 102 cm³/mol. The Labute approximate surface area is 154 Å². The summed E-state index contributed by atoms with van der Waals surface area (Å²) in [5.74, 6) is -0.585. The van der Waals surface area contributed by atoms with Gasteiger partial charge in [0.1, 0.15) is 0 Å². The van der Waals surface area contributed by atoms with Crippen LogP contribution in [0.4, 0.5) is 5.69 Å². The van der Waals surface area contributed by atoms with Gasteiger partial charge in [-0.1, -0.05) is 30.0 Å². The SMILES string of the molecule is CCOC(=O)c1ccc(N2C(=O)/C(=C\c3cccnc3)SC2=S)cc1. The van der Waals surface area contributed by atoms with Gasteiger partial charge < -0.3 is 4.74 Å². The lowest BCUT2D eigenvalue weighted by Gasteiger charge is -2.14. The van der Waals surface area contributed by atoms with E-state index in [1.807, 2.05) is 6.07 Å². The standard InChI is InChI=1S/C18H14N2O3S2/c1-2-23-17(22)13-5-7-14(8-6-13)20-16(21)15(25-18(20)24)10-12-4-3-9-19-11-12/h3-11H,2H2,1H3/b15-10+. The molecule has 0 unspecified atom stereocenters. The minimum absolute atomic E-state index is 0.192. The Morgan fingerprint density at radius 2 is 2.08 bits per heavy atom. The van der Waals surface area contributed by atoms with Gasteiger partial charge in [-0.05, 0) is 48.9 Å². The van der Waals surface area contributed by atoms with Crippen LogP contribution in [-0.4, -0.2) is 27.8 Å². The fourth-order valence-corrected chi connectivity index (χ4v) is 3.56. The summed E-state index contributed by atoms with van der Waals surface area (Å²) in [7, 11) is 0. The largest absolute Gasteiger partial charge is 0.462 e. The van der Waals surface area contributed by atoms with E-state index in [2.05, 4.69) is 4.98 Å². The van der Waals surface area contributed by atoms with Crippen molar-refractivity contribution in [2.24, 2.45) is 0 Å². The minimum Gasteiger partial charge on any atom is -0.462 e. The van der Waals surface area contributed by atoms with Gasteiger partial charge in [0.25, 0.3) is 5.91 Å². The van der Waals surface area contributed by atoms with Crippen molar-refractivity contribution in [3.63, 3.8) is 0 Å². The lowest BCUT2D eigenvalue weighted by Crippen LogP contribution is -2.27. The molecular formula is C18H14N2O3S2. The number of carbonyl (C=O) groups excluding carboxylic acids is 2. The second-order valence-corrected chi connectivity index (χ2v) is 6.75. The van der Waals surface area contributed by atoms with Gasteiger partial charge in [0.15, 0.2) is 4.32 Å². The monoisotopic (exact) mass is 370 g/mol. The Hall–Kier alpha value is -2.51. The van der Waals surface area contributed by atoms with Crippen molar-refractivity contribution in [1.82, 2.24) is 4.98 Å². The molecule has 126 valence electrons. The second kappa shape index (κ2) is 7.58. The second-order valence-electron chi connectivity index (χ2n) is 5.07. The molecule has 0 bridgehead atoms. The smallest absolute Gasteiger partial charge is 0.338 e. The van der Waals surface area contributed by atoms with Crippen LogP contribution in [0.15, 0.2) is 53.7 Å². The molecule has 0 aliphatic carbocycles. The zero-order valence-corrected chi connectivity index (χ0v) is 15.0. The Bertz CT molecular complexity index is 848. The van der Waals surface area contributed by atoms with Gasteiger partial charge in [0, 0.05) is 12.4 Å². The summed E-state index contributed by atoms with van der Waals surface area (Å²) in [6.07, 6.45) is 5.12. The maximum absolute atomic E-state index is 12.7. The molecule has 0 saturated carbocycles. The summed E-state index contributed by atoms with van der Waals surface area (Å²) < 4.78 is 5.40. The molecule has 1 saturated heterocycles. The number of hydrogen-bond acceptors (Lipinski definition) is 6. The average Bonchev–Trinajstić information content (AvgIpc) is 2.90. The topological polar surface area (TPSA) is 59.5 Å². The first kappa shape index (κ1) is 17.3. The highest BCUT2D eigenvalue weighted by Crippen LogP contribution is 2.36. The zero-order valence-electron chi connectivity index (χ0n) is 13.3. The number of rotatable bonds is 4. The number of aromatic nitrogens is 1. The average molecular weight is 370 g/mol. The number of hydrogen-bond donors (Lipinski definition) is 0. The van der Waals surface area contributed by atoms with E-state index < -0.39 is 5.97 Å². The van der Waals surface area contributed by atoms with E-state index in [4.69, 9.17) is 17.0 Å². The van der Waals surface area contributed by atoms with Gasteiger partial charge in [-0.25, -0.2) is 4.79 Å². The van der Waals surface area contributed by atoms with Crippen molar-refractivity contribution >= 4 is 51.9 Å². The number of ether oxygens (including phenoxy) is 1. The molecule has 0 radical (unpaired) electrons. The molecule has 0 atom stereocenters. The maximum Gasteiger partial charge on any atom is 0.338 e. The lowest BCUT2D eigenvalue weighted by molar-refractivity contribution is -0.113.